The number of anilines is 1. The standard InChI is InChI=1S/C23H24Cl2F3NO3/c1-12(2)16(10-21(30)31)15-5-7-19(25)20(9-15)29-22(32)17(11-23(26,27)28)14-4-6-18(24)13(3)8-14/h4-9,12,16-17H,10-11H2,1-3H3,(H,29,32)(H,30,31)/t16?,17-/m0/s1. The lowest BCUT2D eigenvalue weighted by molar-refractivity contribution is -0.146. The molecule has 0 spiro atoms. The van der Waals surface area contributed by atoms with Gasteiger partial charge in [0.25, 0.3) is 0 Å². The summed E-state index contributed by atoms with van der Waals surface area (Å²) in [5.74, 6) is -3.74. The van der Waals surface area contributed by atoms with Gasteiger partial charge in [0, 0.05) is 5.02 Å². The number of aliphatic carboxylic acids is 1. The van der Waals surface area contributed by atoms with E-state index in [0.29, 0.717) is 16.1 Å². The Labute approximate surface area is 194 Å². The molecular weight excluding hydrogens is 466 g/mol. The molecule has 0 aliphatic carbocycles. The molecule has 0 aromatic heterocycles. The van der Waals surface area contributed by atoms with Crippen molar-refractivity contribution >= 4 is 40.8 Å². The Morgan fingerprint density at radius 1 is 1.03 bits per heavy atom. The maximum Gasteiger partial charge on any atom is 0.390 e. The molecule has 0 saturated carbocycles. The molecule has 2 N–H and O–H groups in total. The largest absolute Gasteiger partial charge is 0.481 e. The third-order valence-corrected chi connectivity index (χ3v) is 5.97. The fourth-order valence-electron chi connectivity index (χ4n) is 3.49. The normalized spacial score (nSPS) is 13.7. The summed E-state index contributed by atoms with van der Waals surface area (Å²) < 4.78 is 39.7. The van der Waals surface area contributed by atoms with Crippen molar-refractivity contribution in [3.8, 4) is 0 Å². The van der Waals surface area contributed by atoms with Crippen molar-refractivity contribution in [2.24, 2.45) is 5.92 Å². The van der Waals surface area contributed by atoms with Gasteiger partial charge in [-0.05, 0) is 53.6 Å². The summed E-state index contributed by atoms with van der Waals surface area (Å²) in [6.45, 7) is 5.37. The SMILES string of the molecule is Cc1cc([C@H](CC(F)(F)F)C(=O)Nc2cc(C(CC(=O)O)C(C)C)ccc2Cl)ccc1Cl. The van der Waals surface area contributed by atoms with Gasteiger partial charge in [0.2, 0.25) is 5.91 Å². The summed E-state index contributed by atoms with van der Waals surface area (Å²) in [6, 6.07) is 8.97. The number of nitrogens with one attached hydrogen (secondary N) is 1. The average molecular weight is 490 g/mol. The van der Waals surface area contributed by atoms with E-state index in [0.717, 1.165) is 0 Å². The first-order valence-electron chi connectivity index (χ1n) is 9.93. The second kappa shape index (κ2) is 10.6. The van der Waals surface area contributed by atoms with E-state index in [2.05, 4.69) is 5.32 Å². The van der Waals surface area contributed by atoms with E-state index in [9.17, 15) is 27.9 Å². The predicted octanol–water partition coefficient (Wildman–Crippen LogP) is 7.19. The molecule has 32 heavy (non-hydrogen) atoms. The van der Waals surface area contributed by atoms with Crippen molar-refractivity contribution in [3.05, 3.63) is 63.1 Å². The molecule has 2 aromatic rings. The van der Waals surface area contributed by atoms with Crippen LogP contribution in [0.15, 0.2) is 36.4 Å². The summed E-state index contributed by atoms with van der Waals surface area (Å²) in [6.07, 6.45) is -6.07. The zero-order valence-electron chi connectivity index (χ0n) is 17.8. The number of alkyl halides is 3. The Hall–Kier alpha value is -2.25. The van der Waals surface area contributed by atoms with Gasteiger partial charge in [0.05, 0.1) is 29.5 Å². The van der Waals surface area contributed by atoms with Crippen molar-refractivity contribution in [2.45, 2.75) is 51.6 Å². The number of hydrogen-bond acceptors (Lipinski definition) is 2. The molecular formula is C23H24Cl2F3NO3. The van der Waals surface area contributed by atoms with Crippen LogP contribution in [-0.2, 0) is 9.59 Å². The van der Waals surface area contributed by atoms with Crippen molar-refractivity contribution in [1.29, 1.82) is 0 Å². The minimum atomic E-state index is -4.58. The van der Waals surface area contributed by atoms with Crippen molar-refractivity contribution in [3.63, 3.8) is 0 Å². The van der Waals surface area contributed by atoms with Crippen LogP contribution in [0.4, 0.5) is 18.9 Å². The summed E-state index contributed by atoms with van der Waals surface area (Å²) in [4.78, 5) is 24.2. The molecule has 1 unspecified atom stereocenters. The molecule has 0 heterocycles. The molecule has 0 aliphatic rings. The van der Waals surface area contributed by atoms with E-state index >= 15 is 0 Å². The first-order valence-corrected chi connectivity index (χ1v) is 10.7. The van der Waals surface area contributed by atoms with Gasteiger partial charge in [-0.3, -0.25) is 9.59 Å². The Morgan fingerprint density at radius 2 is 1.62 bits per heavy atom. The van der Waals surface area contributed by atoms with Crippen LogP contribution in [0.3, 0.4) is 0 Å². The number of amides is 1. The van der Waals surface area contributed by atoms with E-state index in [4.69, 9.17) is 23.2 Å². The van der Waals surface area contributed by atoms with Crippen LogP contribution in [0.1, 0.15) is 55.2 Å². The van der Waals surface area contributed by atoms with Crippen molar-refractivity contribution in [2.75, 3.05) is 5.32 Å². The minimum Gasteiger partial charge on any atom is -0.481 e. The molecule has 2 atom stereocenters. The number of aryl methyl sites for hydroxylation is 1. The quantitative estimate of drug-likeness (QED) is 0.412. The Morgan fingerprint density at radius 3 is 2.16 bits per heavy atom. The van der Waals surface area contributed by atoms with E-state index < -0.39 is 30.4 Å². The van der Waals surface area contributed by atoms with Gasteiger partial charge < -0.3 is 10.4 Å². The van der Waals surface area contributed by atoms with E-state index in [1.807, 2.05) is 13.8 Å². The van der Waals surface area contributed by atoms with Crippen molar-refractivity contribution in [1.82, 2.24) is 0 Å². The summed E-state index contributed by atoms with van der Waals surface area (Å²) >= 11 is 12.2. The third-order valence-electron chi connectivity index (χ3n) is 5.21. The number of hydrogen-bond donors (Lipinski definition) is 2. The van der Waals surface area contributed by atoms with Gasteiger partial charge in [0.1, 0.15) is 0 Å². The topological polar surface area (TPSA) is 66.4 Å². The number of benzene rings is 2. The molecule has 4 nitrogen and oxygen atoms in total. The average Bonchev–Trinajstić information content (AvgIpc) is 2.67. The molecule has 2 rings (SSSR count). The van der Waals surface area contributed by atoms with Gasteiger partial charge in [-0.15, -0.1) is 0 Å². The van der Waals surface area contributed by atoms with Gasteiger partial charge >= 0.3 is 12.1 Å². The molecule has 2 aromatic carbocycles. The molecule has 0 saturated heterocycles. The molecule has 1 amide bonds. The second-order valence-electron chi connectivity index (χ2n) is 8.06. The molecule has 0 fully saturated rings. The summed E-state index contributed by atoms with van der Waals surface area (Å²) in [7, 11) is 0. The molecule has 174 valence electrons. The number of carbonyl (C=O) groups is 2. The van der Waals surface area contributed by atoms with Gasteiger partial charge in [-0.2, -0.15) is 13.2 Å². The number of carboxylic acid groups (broad SMARTS) is 1. The number of carboxylic acids is 1. The Bertz CT molecular complexity index is 993. The molecule has 0 radical (unpaired) electrons. The Kier molecular flexibility index (Phi) is 8.60. The highest BCUT2D eigenvalue weighted by atomic mass is 35.5. The first-order chi connectivity index (χ1) is 14.8. The van der Waals surface area contributed by atoms with Gasteiger partial charge in [0.15, 0.2) is 0 Å². The van der Waals surface area contributed by atoms with Crippen LogP contribution in [0.5, 0.6) is 0 Å². The van der Waals surface area contributed by atoms with Gasteiger partial charge in [-0.1, -0.05) is 55.2 Å². The lowest BCUT2D eigenvalue weighted by Gasteiger charge is -2.22. The maximum absolute atomic E-state index is 13.2. The molecule has 9 heteroatoms. The first kappa shape index (κ1) is 26.0. The van der Waals surface area contributed by atoms with Crippen LogP contribution in [0, 0.1) is 12.8 Å². The van der Waals surface area contributed by atoms with Crippen LogP contribution >= 0.6 is 23.2 Å². The zero-order chi connectivity index (χ0) is 24.2. The fourth-order valence-corrected chi connectivity index (χ4v) is 3.78. The second-order valence-corrected chi connectivity index (χ2v) is 8.87. The van der Waals surface area contributed by atoms with Crippen molar-refractivity contribution < 1.29 is 27.9 Å². The van der Waals surface area contributed by atoms with Gasteiger partial charge in [-0.25, -0.2) is 0 Å². The van der Waals surface area contributed by atoms with E-state index in [1.165, 1.54) is 30.3 Å². The highest BCUT2D eigenvalue weighted by Crippen LogP contribution is 2.36. The van der Waals surface area contributed by atoms with Crippen LogP contribution in [0.25, 0.3) is 0 Å². The summed E-state index contributed by atoms with van der Waals surface area (Å²) in [5, 5.41) is 12.2. The van der Waals surface area contributed by atoms with Crippen LogP contribution in [-0.4, -0.2) is 23.2 Å². The minimum absolute atomic E-state index is 0.0224. The Balaban J connectivity index is 2.40. The summed E-state index contributed by atoms with van der Waals surface area (Å²) in [5.41, 5.74) is 1.48. The smallest absolute Gasteiger partial charge is 0.390 e. The van der Waals surface area contributed by atoms with Crippen LogP contribution < -0.4 is 5.32 Å². The van der Waals surface area contributed by atoms with E-state index in [-0.39, 0.29) is 34.5 Å². The molecule has 0 bridgehead atoms. The lowest BCUT2D eigenvalue weighted by atomic mass is 9.85. The van der Waals surface area contributed by atoms with Crippen LogP contribution in [0.2, 0.25) is 10.0 Å². The number of halogens is 5. The monoisotopic (exact) mass is 489 g/mol. The highest BCUT2D eigenvalue weighted by Gasteiger charge is 2.36. The number of carbonyl (C=O) groups excluding carboxylic acids is 1. The maximum atomic E-state index is 13.2. The molecule has 0 aliphatic heterocycles. The lowest BCUT2D eigenvalue weighted by Crippen LogP contribution is -2.26. The number of rotatable bonds is 8. The fraction of sp³-hybridized carbons (Fsp3) is 0.391. The highest BCUT2D eigenvalue weighted by molar-refractivity contribution is 6.33. The zero-order valence-corrected chi connectivity index (χ0v) is 19.3. The predicted molar refractivity (Wildman–Crippen MR) is 120 cm³/mol. The van der Waals surface area contributed by atoms with E-state index in [1.54, 1.807) is 13.0 Å². The third kappa shape index (κ3) is 7.14.